The summed E-state index contributed by atoms with van der Waals surface area (Å²) in [4.78, 5) is 26.8. The first-order valence-electron chi connectivity index (χ1n) is 10.1. The average Bonchev–Trinajstić information content (AvgIpc) is 2.62. The minimum atomic E-state index is -1.40. The van der Waals surface area contributed by atoms with E-state index in [2.05, 4.69) is 4.90 Å². The minimum Gasteiger partial charge on any atom is -0.382 e. The van der Waals surface area contributed by atoms with Crippen LogP contribution in [0, 0.1) is 13.8 Å². The predicted octanol–water partition coefficient (Wildman–Crippen LogP) is 3.84. The van der Waals surface area contributed by atoms with Gasteiger partial charge in [-0.25, -0.2) is 0 Å². The number of carbonyl (C=O) groups excluding carboxylic acids is 2. The molecule has 0 aliphatic heterocycles. The van der Waals surface area contributed by atoms with Gasteiger partial charge >= 0.3 is 0 Å². The first-order valence-corrected chi connectivity index (χ1v) is 10.1. The highest BCUT2D eigenvalue weighted by Crippen LogP contribution is 2.21. The third-order valence-electron chi connectivity index (χ3n) is 5.21. The molecule has 0 aromatic heterocycles. The van der Waals surface area contributed by atoms with Crippen LogP contribution in [0.2, 0.25) is 0 Å². The molecule has 0 unspecified atom stereocenters. The van der Waals surface area contributed by atoms with Gasteiger partial charge in [-0.1, -0.05) is 24.3 Å². The Morgan fingerprint density at radius 2 is 1.23 bits per heavy atom. The molecule has 0 saturated heterocycles. The second-order valence-corrected chi connectivity index (χ2v) is 9.23. The van der Waals surface area contributed by atoms with E-state index in [1.807, 2.05) is 45.2 Å². The largest absolute Gasteiger partial charge is 0.382 e. The molecule has 162 valence electrons. The molecule has 2 aromatic carbocycles. The van der Waals surface area contributed by atoms with E-state index in [9.17, 15) is 19.8 Å². The highest BCUT2D eigenvalue weighted by Gasteiger charge is 2.26. The fraction of sp³-hybridized carbons (Fsp3) is 0.440. The van der Waals surface area contributed by atoms with Crippen LogP contribution >= 0.6 is 0 Å². The third kappa shape index (κ3) is 5.85. The van der Waals surface area contributed by atoms with Crippen molar-refractivity contribution in [2.45, 2.75) is 65.8 Å². The number of hydrogen-bond acceptors (Lipinski definition) is 5. The van der Waals surface area contributed by atoms with Crippen molar-refractivity contribution in [1.82, 2.24) is 4.90 Å². The molecule has 0 aliphatic carbocycles. The zero-order valence-electron chi connectivity index (χ0n) is 19.0. The van der Waals surface area contributed by atoms with Crippen molar-refractivity contribution in [2.24, 2.45) is 0 Å². The zero-order valence-corrected chi connectivity index (χ0v) is 19.0. The molecule has 0 atom stereocenters. The monoisotopic (exact) mass is 411 g/mol. The summed E-state index contributed by atoms with van der Waals surface area (Å²) in [5.41, 5.74) is 2.38. The van der Waals surface area contributed by atoms with Gasteiger partial charge in [0.2, 0.25) is 0 Å². The number of benzene rings is 2. The Kier molecular flexibility index (Phi) is 7.02. The Bertz CT molecular complexity index is 949. The molecule has 30 heavy (non-hydrogen) atoms. The molecule has 2 rings (SSSR count). The topological polar surface area (TPSA) is 77.8 Å². The first kappa shape index (κ1) is 23.9. The maximum Gasteiger partial charge on any atom is 0.193 e. The van der Waals surface area contributed by atoms with Gasteiger partial charge in [-0.2, -0.15) is 0 Å². The lowest BCUT2D eigenvalue weighted by molar-refractivity contribution is 0.0487. The number of aryl methyl sites for hydroxylation is 2. The molecule has 0 aliphatic rings. The number of Topliss-reactive ketones (excluding diaryl/α,β-unsaturated/α-hetero) is 2. The minimum absolute atomic E-state index is 0.297. The highest BCUT2D eigenvalue weighted by atomic mass is 16.3. The second kappa shape index (κ2) is 8.80. The highest BCUT2D eigenvalue weighted by molar-refractivity contribution is 6.02. The van der Waals surface area contributed by atoms with Gasteiger partial charge in [0.25, 0.3) is 0 Å². The SMILES string of the molecule is Cc1cc(C(=O)C(C)(C)O)ccc1CN(C)Cc1cc(C(=O)C(C)(C)O)ccc1C. The zero-order chi connectivity index (χ0) is 22.9. The molecule has 0 amide bonds. The van der Waals surface area contributed by atoms with E-state index < -0.39 is 11.2 Å². The van der Waals surface area contributed by atoms with Crippen molar-refractivity contribution in [3.63, 3.8) is 0 Å². The molecule has 5 heteroatoms. The Labute approximate surface area is 179 Å². The fourth-order valence-electron chi connectivity index (χ4n) is 3.34. The lowest BCUT2D eigenvalue weighted by Gasteiger charge is -2.22. The standard InChI is InChI=1S/C25H33NO4/c1-16-8-9-19(23(28)25(5,6)30)13-21(16)15-26(7)14-20-11-10-18(12-17(20)2)22(27)24(3,4)29/h8-13,29-30H,14-15H2,1-7H3. The van der Waals surface area contributed by atoms with Gasteiger partial charge in [0.05, 0.1) is 0 Å². The van der Waals surface area contributed by atoms with Gasteiger partial charge in [-0.05, 0) is 83.0 Å². The molecular weight excluding hydrogens is 378 g/mol. The number of hydrogen-bond donors (Lipinski definition) is 2. The summed E-state index contributed by atoms with van der Waals surface area (Å²) in [6.07, 6.45) is 0. The Morgan fingerprint density at radius 1 is 0.767 bits per heavy atom. The molecular formula is C25H33NO4. The van der Waals surface area contributed by atoms with Crippen LogP contribution in [0.25, 0.3) is 0 Å². The number of nitrogens with zero attached hydrogens (tertiary/aromatic N) is 1. The molecule has 0 saturated carbocycles. The van der Waals surface area contributed by atoms with Crippen molar-refractivity contribution in [3.8, 4) is 0 Å². The summed E-state index contributed by atoms with van der Waals surface area (Å²) in [5, 5.41) is 20.0. The number of rotatable bonds is 8. The number of ketones is 2. The lowest BCUT2D eigenvalue weighted by atomic mass is 9.93. The summed E-state index contributed by atoms with van der Waals surface area (Å²) < 4.78 is 0. The van der Waals surface area contributed by atoms with E-state index in [1.165, 1.54) is 27.7 Å². The van der Waals surface area contributed by atoms with Gasteiger partial charge in [0.1, 0.15) is 11.2 Å². The van der Waals surface area contributed by atoms with Crippen LogP contribution in [0.3, 0.4) is 0 Å². The van der Waals surface area contributed by atoms with Crippen LogP contribution in [0.4, 0.5) is 0 Å². The van der Waals surface area contributed by atoms with E-state index in [0.29, 0.717) is 24.2 Å². The smallest absolute Gasteiger partial charge is 0.193 e. The van der Waals surface area contributed by atoms with Gasteiger partial charge in [0.15, 0.2) is 11.6 Å². The van der Waals surface area contributed by atoms with Gasteiger partial charge in [-0.3, -0.25) is 14.5 Å². The summed E-state index contributed by atoms with van der Waals surface area (Å²) in [5.74, 6) is -0.594. The van der Waals surface area contributed by atoms with E-state index >= 15 is 0 Å². The van der Waals surface area contributed by atoms with Crippen molar-refractivity contribution in [2.75, 3.05) is 7.05 Å². The van der Waals surface area contributed by atoms with Gasteiger partial charge in [-0.15, -0.1) is 0 Å². The average molecular weight is 412 g/mol. The van der Waals surface area contributed by atoms with E-state index in [1.54, 1.807) is 12.1 Å². The maximum atomic E-state index is 12.4. The molecule has 2 aromatic rings. The predicted molar refractivity (Wildman–Crippen MR) is 119 cm³/mol. The summed E-state index contributed by atoms with van der Waals surface area (Å²) in [6, 6.07) is 11.0. The van der Waals surface area contributed by atoms with Crippen molar-refractivity contribution in [1.29, 1.82) is 0 Å². The van der Waals surface area contributed by atoms with Crippen LogP contribution in [-0.4, -0.2) is 44.9 Å². The van der Waals surface area contributed by atoms with E-state index in [-0.39, 0.29) is 11.6 Å². The molecule has 0 fully saturated rings. The first-order chi connectivity index (χ1) is 13.7. The summed E-state index contributed by atoms with van der Waals surface area (Å²) in [7, 11) is 2.00. The third-order valence-corrected chi connectivity index (χ3v) is 5.21. The van der Waals surface area contributed by atoms with Crippen LogP contribution in [0.15, 0.2) is 36.4 Å². The number of carbonyl (C=O) groups is 2. The molecule has 2 N–H and O–H groups in total. The fourth-order valence-corrected chi connectivity index (χ4v) is 3.34. The normalized spacial score (nSPS) is 12.3. The molecule has 0 bridgehead atoms. The quantitative estimate of drug-likeness (QED) is 0.645. The Balaban J connectivity index is 2.17. The Morgan fingerprint density at radius 3 is 1.73 bits per heavy atom. The van der Waals surface area contributed by atoms with E-state index in [0.717, 1.165) is 22.3 Å². The van der Waals surface area contributed by atoms with Crippen LogP contribution in [-0.2, 0) is 13.1 Å². The van der Waals surface area contributed by atoms with Gasteiger partial charge in [0, 0.05) is 24.2 Å². The van der Waals surface area contributed by atoms with Crippen LogP contribution < -0.4 is 0 Å². The molecule has 0 spiro atoms. The summed E-state index contributed by atoms with van der Waals surface area (Å²) >= 11 is 0. The number of aliphatic hydroxyl groups is 2. The molecule has 0 radical (unpaired) electrons. The second-order valence-electron chi connectivity index (χ2n) is 9.23. The Hall–Kier alpha value is -2.34. The van der Waals surface area contributed by atoms with E-state index in [4.69, 9.17) is 0 Å². The lowest BCUT2D eigenvalue weighted by Crippen LogP contribution is -2.31. The van der Waals surface area contributed by atoms with Crippen molar-refractivity contribution < 1.29 is 19.8 Å². The van der Waals surface area contributed by atoms with Crippen LogP contribution in [0.5, 0.6) is 0 Å². The van der Waals surface area contributed by atoms with Crippen molar-refractivity contribution in [3.05, 3.63) is 69.8 Å². The maximum absolute atomic E-state index is 12.4. The van der Waals surface area contributed by atoms with Gasteiger partial charge < -0.3 is 10.2 Å². The molecule has 0 heterocycles. The van der Waals surface area contributed by atoms with Crippen LogP contribution in [0.1, 0.15) is 70.7 Å². The molecule has 5 nitrogen and oxygen atoms in total. The summed E-state index contributed by atoms with van der Waals surface area (Å²) in [6.45, 7) is 11.2. The van der Waals surface area contributed by atoms with Crippen molar-refractivity contribution >= 4 is 11.6 Å².